The minimum atomic E-state index is -1.24. The average molecular weight is 551 g/mol. The molecule has 0 bridgehead atoms. The Bertz CT molecular complexity index is 1690. The summed E-state index contributed by atoms with van der Waals surface area (Å²) in [6, 6.07) is 9.97. The third-order valence-electron chi connectivity index (χ3n) is 5.74. The number of anilines is 1. The molecule has 3 N–H and O–H groups in total. The first-order valence-electron chi connectivity index (χ1n) is 11.3. The van der Waals surface area contributed by atoms with Gasteiger partial charge in [0, 0.05) is 41.2 Å². The third kappa shape index (κ3) is 5.78. The summed E-state index contributed by atoms with van der Waals surface area (Å²) in [7, 11) is 1.37. The van der Waals surface area contributed by atoms with Crippen molar-refractivity contribution < 1.29 is 23.2 Å². The van der Waals surface area contributed by atoms with Crippen LogP contribution in [0.2, 0.25) is 5.02 Å². The Morgan fingerprint density at radius 1 is 1.26 bits per heavy atom. The predicted molar refractivity (Wildman–Crippen MR) is 138 cm³/mol. The largest absolute Gasteiger partial charge is 0.495 e. The van der Waals surface area contributed by atoms with Crippen LogP contribution in [-0.4, -0.2) is 33.6 Å². The number of nitrogens with one attached hydrogen (secondary N) is 1. The first kappa shape index (κ1) is 27.0. The number of pyridine rings is 1. The van der Waals surface area contributed by atoms with Crippen LogP contribution in [-0.2, 0) is 11.2 Å². The Balaban J connectivity index is 1.79. The zero-order valence-corrected chi connectivity index (χ0v) is 21.3. The molecule has 0 fully saturated rings. The molecule has 0 spiro atoms. The Hall–Kier alpha value is -5.02. The topological polar surface area (TPSA) is 166 Å². The summed E-state index contributed by atoms with van der Waals surface area (Å²) < 4.78 is 25.9. The highest BCUT2D eigenvalue weighted by atomic mass is 35.5. The van der Waals surface area contributed by atoms with Crippen molar-refractivity contribution in [3.8, 4) is 22.9 Å². The normalized spacial score (nSPS) is 11.5. The molecule has 39 heavy (non-hydrogen) atoms. The highest BCUT2D eigenvalue weighted by Crippen LogP contribution is 2.33. The first-order chi connectivity index (χ1) is 18.6. The number of nitrogens with two attached hydrogens (primary N) is 1. The minimum Gasteiger partial charge on any atom is -0.495 e. The van der Waals surface area contributed by atoms with Crippen LogP contribution in [0.4, 0.5) is 10.1 Å². The van der Waals surface area contributed by atoms with Gasteiger partial charge >= 0.3 is 0 Å². The number of halogens is 2. The number of primary amides is 1. The van der Waals surface area contributed by atoms with Gasteiger partial charge in [-0.3, -0.25) is 19.0 Å². The average Bonchev–Trinajstić information content (AvgIpc) is 3.31. The molecule has 2 aromatic carbocycles. The molecule has 0 saturated carbocycles. The van der Waals surface area contributed by atoms with E-state index in [1.165, 1.54) is 37.6 Å². The summed E-state index contributed by atoms with van der Waals surface area (Å²) in [6.45, 7) is 1.57. The maximum atomic E-state index is 14.3. The van der Waals surface area contributed by atoms with Crippen molar-refractivity contribution in [3.63, 3.8) is 0 Å². The molecule has 2 heterocycles. The molecular weight excluding hydrogens is 531 g/mol. The van der Waals surface area contributed by atoms with Gasteiger partial charge in [0.1, 0.15) is 17.6 Å². The lowest BCUT2D eigenvalue weighted by molar-refractivity contribution is -0.119. The monoisotopic (exact) mass is 550 g/mol. The number of rotatable bonds is 8. The lowest BCUT2D eigenvalue weighted by atomic mass is 10.00. The van der Waals surface area contributed by atoms with E-state index in [0.29, 0.717) is 10.6 Å². The molecule has 0 aliphatic carbocycles. The molecule has 4 aromatic rings. The number of amides is 2. The minimum absolute atomic E-state index is 0.0195. The van der Waals surface area contributed by atoms with E-state index in [0.717, 1.165) is 16.7 Å². The van der Waals surface area contributed by atoms with Gasteiger partial charge in [0.2, 0.25) is 11.8 Å². The van der Waals surface area contributed by atoms with E-state index in [9.17, 15) is 24.0 Å². The van der Waals surface area contributed by atoms with Gasteiger partial charge < -0.3 is 20.3 Å². The van der Waals surface area contributed by atoms with Crippen LogP contribution < -0.4 is 21.3 Å². The molecule has 0 radical (unpaired) electrons. The van der Waals surface area contributed by atoms with Crippen molar-refractivity contribution in [1.29, 1.82) is 5.26 Å². The molecule has 1 atom stereocenters. The molecule has 2 aromatic heterocycles. The highest BCUT2D eigenvalue weighted by Gasteiger charge is 2.27. The van der Waals surface area contributed by atoms with Crippen LogP contribution in [0.1, 0.15) is 33.7 Å². The molecule has 1 unspecified atom stereocenters. The van der Waals surface area contributed by atoms with Gasteiger partial charge in [0.05, 0.1) is 30.5 Å². The molecule has 198 valence electrons. The van der Waals surface area contributed by atoms with Gasteiger partial charge in [-0.05, 0) is 36.4 Å². The fraction of sp³-hybridized carbons (Fsp3) is 0.154. The van der Waals surface area contributed by atoms with E-state index in [4.69, 9.17) is 26.6 Å². The van der Waals surface area contributed by atoms with Crippen LogP contribution in [0.15, 0.2) is 58.0 Å². The van der Waals surface area contributed by atoms with Gasteiger partial charge in [-0.25, -0.2) is 4.39 Å². The number of hydrogen-bond acceptors (Lipinski definition) is 8. The SMILES string of the molecule is COc1cn(C(Cc2noc(C)n2)C(=O)Nc2ccc(C(N)=O)c(F)c2)c(=O)cc1-c1cc(Cl)ccc1C#N. The Morgan fingerprint density at radius 2 is 2.03 bits per heavy atom. The van der Waals surface area contributed by atoms with E-state index in [1.54, 1.807) is 13.0 Å². The van der Waals surface area contributed by atoms with E-state index < -0.39 is 29.2 Å². The number of aryl methyl sites for hydroxylation is 1. The van der Waals surface area contributed by atoms with Gasteiger partial charge in [-0.2, -0.15) is 10.2 Å². The third-order valence-corrected chi connectivity index (χ3v) is 5.98. The maximum Gasteiger partial charge on any atom is 0.252 e. The maximum absolute atomic E-state index is 14.3. The molecule has 0 aliphatic heterocycles. The number of nitrogens with zero attached hydrogens (tertiary/aromatic N) is 4. The number of hydrogen-bond donors (Lipinski definition) is 2. The fourth-order valence-corrected chi connectivity index (χ4v) is 4.09. The molecule has 4 rings (SSSR count). The van der Waals surface area contributed by atoms with Gasteiger partial charge in [0.15, 0.2) is 5.82 Å². The van der Waals surface area contributed by atoms with Crippen LogP contribution in [0.3, 0.4) is 0 Å². The van der Waals surface area contributed by atoms with Crippen molar-refractivity contribution in [2.45, 2.75) is 19.4 Å². The van der Waals surface area contributed by atoms with Gasteiger partial charge in [-0.15, -0.1) is 0 Å². The zero-order valence-electron chi connectivity index (χ0n) is 20.6. The van der Waals surface area contributed by atoms with Crippen LogP contribution >= 0.6 is 11.6 Å². The van der Waals surface area contributed by atoms with Crippen LogP contribution in [0.25, 0.3) is 11.1 Å². The summed E-state index contributed by atoms with van der Waals surface area (Å²) in [5, 5.41) is 16.2. The summed E-state index contributed by atoms with van der Waals surface area (Å²) in [6.07, 6.45) is 1.14. The van der Waals surface area contributed by atoms with Gasteiger partial charge in [0.25, 0.3) is 11.5 Å². The van der Waals surface area contributed by atoms with Crippen molar-refractivity contribution in [3.05, 3.63) is 92.7 Å². The van der Waals surface area contributed by atoms with Crippen molar-refractivity contribution in [2.24, 2.45) is 5.73 Å². The second kappa shape index (κ2) is 11.2. The summed E-state index contributed by atoms with van der Waals surface area (Å²) in [5.74, 6) is -2.05. The fourth-order valence-electron chi connectivity index (χ4n) is 3.91. The second-order valence-electron chi connectivity index (χ2n) is 8.30. The Kier molecular flexibility index (Phi) is 7.73. The molecular formula is C26H20ClFN6O5. The summed E-state index contributed by atoms with van der Waals surface area (Å²) in [5.41, 5.74) is 5.10. The second-order valence-corrected chi connectivity index (χ2v) is 8.74. The predicted octanol–water partition coefficient (Wildman–Crippen LogP) is 3.40. The molecule has 2 amide bonds. The molecule has 11 nitrogen and oxygen atoms in total. The van der Waals surface area contributed by atoms with E-state index in [2.05, 4.69) is 21.5 Å². The molecule has 0 saturated heterocycles. The van der Waals surface area contributed by atoms with Crippen LogP contribution in [0.5, 0.6) is 5.75 Å². The van der Waals surface area contributed by atoms with E-state index in [1.807, 2.05) is 0 Å². The zero-order chi connectivity index (χ0) is 28.3. The molecule has 0 aliphatic rings. The number of benzene rings is 2. The van der Waals surface area contributed by atoms with Crippen molar-refractivity contribution >= 4 is 29.1 Å². The van der Waals surface area contributed by atoms with Crippen molar-refractivity contribution in [2.75, 3.05) is 12.4 Å². The van der Waals surface area contributed by atoms with E-state index in [-0.39, 0.29) is 46.3 Å². The standard InChI is InChI=1S/C26H20ClFN6O5/c1-13-31-23(33-39-13)10-21(26(37)32-16-5-6-17(25(30)36)20(28)8-16)34-12-22(38-2)19(9-24(34)35)18-7-15(27)4-3-14(18)11-29/h3-9,12,21H,10H2,1-2H3,(H2,30,36)(H,32,37). The lowest BCUT2D eigenvalue weighted by Crippen LogP contribution is -2.34. The molecule has 13 heteroatoms. The summed E-state index contributed by atoms with van der Waals surface area (Å²) >= 11 is 6.13. The van der Waals surface area contributed by atoms with Crippen molar-refractivity contribution in [1.82, 2.24) is 14.7 Å². The number of carbonyl (C=O) groups excluding carboxylic acids is 2. The quantitative estimate of drug-likeness (QED) is 0.336. The number of nitriles is 1. The lowest BCUT2D eigenvalue weighted by Gasteiger charge is -2.20. The van der Waals surface area contributed by atoms with E-state index >= 15 is 0 Å². The number of methoxy groups -OCH3 is 1. The Labute approximate surface area is 225 Å². The number of ether oxygens (including phenoxy) is 1. The number of carbonyl (C=O) groups is 2. The first-order valence-corrected chi connectivity index (χ1v) is 11.7. The smallest absolute Gasteiger partial charge is 0.252 e. The van der Waals surface area contributed by atoms with Gasteiger partial charge in [-0.1, -0.05) is 16.8 Å². The highest BCUT2D eigenvalue weighted by molar-refractivity contribution is 6.31. The Morgan fingerprint density at radius 3 is 2.64 bits per heavy atom. The number of aromatic nitrogens is 3. The van der Waals surface area contributed by atoms with Crippen LogP contribution in [0, 0.1) is 24.1 Å². The summed E-state index contributed by atoms with van der Waals surface area (Å²) in [4.78, 5) is 42.3.